The molecule has 0 aromatic heterocycles. The minimum Gasteiger partial charge on any atom is -0.462 e. The molecule has 0 bridgehead atoms. The van der Waals surface area contributed by atoms with E-state index in [0.29, 0.717) is 17.7 Å². The van der Waals surface area contributed by atoms with Crippen molar-refractivity contribution < 1.29 is 19.2 Å². The van der Waals surface area contributed by atoms with E-state index in [9.17, 15) is 19.7 Å². The first kappa shape index (κ1) is 20.5. The van der Waals surface area contributed by atoms with Gasteiger partial charge in [-0.15, -0.1) is 0 Å². The van der Waals surface area contributed by atoms with Crippen molar-refractivity contribution in [2.24, 2.45) is 0 Å². The Morgan fingerprint density at radius 3 is 2.52 bits per heavy atom. The van der Waals surface area contributed by atoms with E-state index in [4.69, 9.17) is 16.5 Å². The Kier molecular flexibility index (Phi) is 5.98. The van der Waals surface area contributed by atoms with E-state index in [1.54, 1.807) is 43.3 Å². The van der Waals surface area contributed by atoms with Crippen LogP contribution in [0, 0.1) is 10.1 Å². The number of nitro benzene ring substituents is 1. The van der Waals surface area contributed by atoms with Crippen molar-refractivity contribution >= 4 is 40.6 Å². The van der Waals surface area contributed by atoms with Gasteiger partial charge in [-0.25, -0.2) is 9.21 Å². The van der Waals surface area contributed by atoms with E-state index in [-0.39, 0.29) is 35.0 Å². The van der Waals surface area contributed by atoms with Crippen LogP contribution in [-0.4, -0.2) is 23.3 Å². The number of Topliss-reactive ketones (excluding diaryl/α,β-unsaturated/α-hetero) is 1. The molecule has 1 aliphatic rings. The van der Waals surface area contributed by atoms with E-state index in [1.807, 2.05) is 13.0 Å². The van der Waals surface area contributed by atoms with Crippen LogP contribution < -0.4 is 4.42 Å². The monoisotopic (exact) mass is 414 g/mol. The highest BCUT2D eigenvalue weighted by Crippen LogP contribution is 2.42. The topological polar surface area (TPSA) is 89.8 Å². The number of rotatable bonds is 6. The molecule has 8 heteroatoms. The number of carbonyl (C=O) groups is 2. The standard InChI is InChI=1S/C21H19ClN2O5/c1-3-13-10-17(21(26)29-4-2)20(25)16-12-19(24(27)28)18(11-15(13)16)23(22)14-8-6-5-7-9-14/h5-13H,3-4H2,1-2H3. The Morgan fingerprint density at radius 1 is 1.24 bits per heavy atom. The largest absolute Gasteiger partial charge is 0.462 e. The molecule has 1 aliphatic carbocycles. The molecular weight excluding hydrogens is 396 g/mol. The number of hydrogen-bond acceptors (Lipinski definition) is 6. The fourth-order valence-corrected chi connectivity index (χ4v) is 3.56. The van der Waals surface area contributed by atoms with E-state index in [1.165, 1.54) is 10.5 Å². The van der Waals surface area contributed by atoms with E-state index < -0.39 is 16.7 Å². The first-order chi connectivity index (χ1) is 13.9. The molecule has 3 rings (SSSR count). The number of halogens is 1. The number of nitrogens with zero attached hydrogens (tertiary/aromatic N) is 2. The lowest BCUT2D eigenvalue weighted by Crippen LogP contribution is -2.23. The summed E-state index contributed by atoms with van der Waals surface area (Å²) in [5.74, 6) is -1.59. The van der Waals surface area contributed by atoms with Gasteiger partial charge >= 0.3 is 5.97 Å². The highest BCUT2D eigenvalue weighted by molar-refractivity contribution is 6.30. The van der Waals surface area contributed by atoms with Gasteiger partial charge in [-0.1, -0.05) is 31.2 Å². The fraction of sp³-hybridized carbons (Fsp3) is 0.238. The highest BCUT2D eigenvalue weighted by atomic mass is 35.5. The summed E-state index contributed by atoms with van der Waals surface area (Å²) in [5.41, 5.74) is 0.995. The summed E-state index contributed by atoms with van der Waals surface area (Å²) in [5, 5.41) is 11.7. The number of ether oxygens (including phenoxy) is 1. The van der Waals surface area contributed by atoms with Crippen LogP contribution >= 0.6 is 11.8 Å². The number of esters is 1. The number of hydrogen-bond donors (Lipinski definition) is 0. The van der Waals surface area contributed by atoms with Crippen LogP contribution in [0.5, 0.6) is 0 Å². The zero-order valence-electron chi connectivity index (χ0n) is 15.9. The van der Waals surface area contributed by atoms with Crippen molar-refractivity contribution in [3.63, 3.8) is 0 Å². The maximum atomic E-state index is 12.9. The maximum absolute atomic E-state index is 12.9. The second-order valence-corrected chi connectivity index (χ2v) is 6.78. The minimum absolute atomic E-state index is 0.0981. The number of para-hydroxylation sites is 1. The van der Waals surface area contributed by atoms with Gasteiger partial charge < -0.3 is 4.74 Å². The average Bonchev–Trinajstić information content (AvgIpc) is 2.73. The number of anilines is 2. The number of allylic oxidation sites excluding steroid dienone is 1. The van der Waals surface area contributed by atoms with Crippen LogP contribution in [0.1, 0.15) is 42.1 Å². The molecule has 0 spiro atoms. The summed E-state index contributed by atoms with van der Waals surface area (Å²) >= 11 is 6.43. The number of fused-ring (bicyclic) bond motifs is 1. The van der Waals surface area contributed by atoms with E-state index in [2.05, 4.69) is 0 Å². The summed E-state index contributed by atoms with van der Waals surface area (Å²) in [6, 6.07) is 11.5. The summed E-state index contributed by atoms with van der Waals surface area (Å²) in [6.07, 6.45) is 2.16. The van der Waals surface area contributed by atoms with Gasteiger partial charge in [0.05, 0.1) is 17.2 Å². The second kappa shape index (κ2) is 8.45. The van der Waals surface area contributed by atoms with Gasteiger partial charge in [0.25, 0.3) is 5.69 Å². The normalized spacial score (nSPS) is 15.3. The predicted octanol–water partition coefficient (Wildman–Crippen LogP) is 5.07. The Labute approximate surface area is 172 Å². The third-order valence-corrected chi connectivity index (χ3v) is 5.11. The zero-order valence-corrected chi connectivity index (χ0v) is 16.7. The molecule has 150 valence electrons. The van der Waals surface area contributed by atoms with Crippen LogP contribution in [0.2, 0.25) is 0 Å². The van der Waals surface area contributed by atoms with Gasteiger partial charge in [0.15, 0.2) is 0 Å². The minimum atomic E-state index is -0.725. The van der Waals surface area contributed by atoms with Gasteiger partial charge in [-0.3, -0.25) is 14.9 Å². The molecule has 0 amide bonds. The Bertz CT molecular complexity index is 1000. The third kappa shape index (κ3) is 3.86. The summed E-state index contributed by atoms with van der Waals surface area (Å²) in [4.78, 5) is 36.2. The van der Waals surface area contributed by atoms with Gasteiger partial charge in [-0.2, -0.15) is 0 Å². The molecule has 1 atom stereocenters. The Morgan fingerprint density at radius 2 is 1.93 bits per heavy atom. The number of benzene rings is 2. The lowest BCUT2D eigenvalue weighted by Gasteiger charge is -2.24. The molecule has 29 heavy (non-hydrogen) atoms. The van der Waals surface area contributed by atoms with Crippen LogP contribution in [-0.2, 0) is 9.53 Å². The van der Waals surface area contributed by atoms with Crippen molar-refractivity contribution in [2.45, 2.75) is 26.2 Å². The predicted molar refractivity (Wildman–Crippen MR) is 110 cm³/mol. The Balaban J connectivity index is 2.16. The Hall–Kier alpha value is -3.19. The molecule has 0 fully saturated rings. The molecule has 7 nitrogen and oxygen atoms in total. The van der Waals surface area contributed by atoms with Crippen molar-refractivity contribution in [1.82, 2.24) is 0 Å². The van der Waals surface area contributed by atoms with Crippen molar-refractivity contribution in [1.29, 1.82) is 0 Å². The maximum Gasteiger partial charge on any atom is 0.341 e. The third-order valence-electron chi connectivity index (χ3n) is 4.73. The fourth-order valence-electron chi connectivity index (χ4n) is 3.32. The molecule has 0 radical (unpaired) electrons. The van der Waals surface area contributed by atoms with Crippen LogP contribution in [0.25, 0.3) is 0 Å². The van der Waals surface area contributed by atoms with Gasteiger partial charge in [0.2, 0.25) is 5.78 Å². The SMILES string of the molecule is CCOC(=O)C1=CC(CC)c2cc(N(Cl)c3ccccc3)c([N+](=O)[O-])cc2C1=O. The van der Waals surface area contributed by atoms with Crippen LogP contribution in [0.15, 0.2) is 54.1 Å². The lowest BCUT2D eigenvalue weighted by atomic mass is 9.81. The number of carbonyl (C=O) groups excluding carboxylic acids is 2. The lowest BCUT2D eigenvalue weighted by molar-refractivity contribution is -0.384. The average molecular weight is 415 g/mol. The molecule has 0 saturated carbocycles. The van der Waals surface area contributed by atoms with E-state index in [0.717, 1.165) is 0 Å². The summed E-state index contributed by atoms with van der Waals surface area (Å²) in [7, 11) is 0. The summed E-state index contributed by atoms with van der Waals surface area (Å²) < 4.78 is 6.16. The van der Waals surface area contributed by atoms with Crippen molar-refractivity contribution in [3.8, 4) is 0 Å². The number of ketones is 1. The smallest absolute Gasteiger partial charge is 0.341 e. The van der Waals surface area contributed by atoms with Crippen LogP contribution in [0.3, 0.4) is 0 Å². The zero-order chi connectivity index (χ0) is 21.1. The first-order valence-electron chi connectivity index (χ1n) is 9.15. The number of nitro groups is 1. The molecule has 2 aromatic rings. The molecular formula is C21H19ClN2O5. The van der Waals surface area contributed by atoms with Crippen molar-refractivity contribution in [3.05, 3.63) is 75.4 Å². The molecule has 0 N–H and O–H groups in total. The molecule has 2 aromatic carbocycles. The molecule has 0 heterocycles. The van der Waals surface area contributed by atoms with Gasteiger partial charge in [-0.05, 0) is 37.1 Å². The first-order valence-corrected chi connectivity index (χ1v) is 9.49. The molecule has 0 saturated heterocycles. The van der Waals surface area contributed by atoms with Crippen LogP contribution in [0.4, 0.5) is 17.1 Å². The second-order valence-electron chi connectivity index (χ2n) is 6.45. The highest BCUT2D eigenvalue weighted by Gasteiger charge is 2.34. The van der Waals surface area contributed by atoms with Gasteiger partial charge in [0, 0.05) is 29.3 Å². The van der Waals surface area contributed by atoms with Gasteiger partial charge in [0.1, 0.15) is 11.3 Å². The molecule has 1 unspecified atom stereocenters. The summed E-state index contributed by atoms with van der Waals surface area (Å²) in [6.45, 7) is 3.68. The molecule has 0 aliphatic heterocycles. The van der Waals surface area contributed by atoms with E-state index >= 15 is 0 Å². The quantitative estimate of drug-likeness (QED) is 0.215. The van der Waals surface area contributed by atoms with Crippen molar-refractivity contribution in [2.75, 3.05) is 11.0 Å².